The van der Waals surface area contributed by atoms with E-state index in [2.05, 4.69) is 5.32 Å². The Morgan fingerprint density at radius 2 is 1.84 bits per heavy atom. The summed E-state index contributed by atoms with van der Waals surface area (Å²) in [4.78, 5) is 12.6. The van der Waals surface area contributed by atoms with E-state index in [1.165, 1.54) is 6.07 Å². The minimum Gasteiger partial charge on any atom is -0.388 e. The fourth-order valence-corrected chi connectivity index (χ4v) is 1.89. The molecule has 0 bridgehead atoms. The number of anilines is 3. The van der Waals surface area contributed by atoms with Crippen LogP contribution in [-0.4, -0.2) is 19.0 Å². The molecule has 0 spiro atoms. The number of hydrogen-bond acceptors (Lipinski definition) is 4. The SMILES string of the molecule is CNc1ccc([N+](=O)[O-])c(N(C)c2ccccc2)c1. The molecule has 5 heteroatoms. The lowest BCUT2D eigenvalue weighted by Crippen LogP contribution is -2.11. The van der Waals surface area contributed by atoms with Crippen molar-refractivity contribution in [2.75, 3.05) is 24.3 Å². The zero-order valence-corrected chi connectivity index (χ0v) is 10.8. The van der Waals surface area contributed by atoms with Gasteiger partial charge in [-0.2, -0.15) is 0 Å². The second kappa shape index (κ2) is 5.39. The van der Waals surface area contributed by atoms with E-state index in [0.717, 1.165) is 11.4 Å². The van der Waals surface area contributed by atoms with Crippen LogP contribution in [0.25, 0.3) is 0 Å². The summed E-state index contributed by atoms with van der Waals surface area (Å²) < 4.78 is 0. The van der Waals surface area contributed by atoms with Gasteiger partial charge in [0.05, 0.1) is 4.92 Å². The molecular formula is C14H15N3O2. The first-order valence-electron chi connectivity index (χ1n) is 5.88. The number of nitrogens with zero attached hydrogens (tertiary/aromatic N) is 2. The molecule has 0 aromatic heterocycles. The van der Waals surface area contributed by atoms with Gasteiger partial charge in [-0.05, 0) is 24.3 Å². The van der Waals surface area contributed by atoms with Crippen LogP contribution in [0.1, 0.15) is 0 Å². The second-order valence-corrected chi connectivity index (χ2v) is 4.11. The number of nitrogens with one attached hydrogen (secondary N) is 1. The molecule has 2 aromatic carbocycles. The van der Waals surface area contributed by atoms with E-state index in [9.17, 15) is 10.1 Å². The number of benzene rings is 2. The zero-order chi connectivity index (χ0) is 13.8. The van der Waals surface area contributed by atoms with Crippen molar-refractivity contribution in [3.05, 3.63) is 58.6 Å². The Hall–Kier alpha value is -2.56. The van der Waals surface area contributed by atoms with Gasteiger partial charge in [-0.1, -0.05) is 18.2 Å². The fourth-order valence-electron chi connectivity index (χ4n) is 1.89. The highest BCUT2D eigenvalue weighted by atomic mass is 16.6. The quantitative estimate of drug-likeness (QED) is 0.673. The highest BCUT2D eigenvalue weighted by Crippen LogP contribution is 2.34. The van der Waals surface area contributed by atoms with E-state index >= 15 is 0 Å². The molecule has 0 heterocycles. The van der Waals surface area contributed by atoms with Crippen molar-refractivity contribution < 1.29 is 4.92 Å². The Kier molecular flexibility index (Phi) is 3.66. The largest absolute Gasteiger partial charge is 0.388 e. The third-order valence-electron chi connectivity index (χ3n) is 2.97. The first kappa shape index (κ1) is 12.9. The predicted molar refractivity (Wildman–Crippen MR) is 77.1 cm³/mol. The van der Waals surface area contributed by atoms with Crippen LogP contribution >= 0.6 is 0 Å². The minimum absolute atomic E-state index is 0.0883. The molecule has 0 radical (unpaired) electrons. The van der Waals surface area contributed by atoms with Crippen molar-refractivity contribution >= 4 is 22.7 Å². The Morgan fingerprint density at radius 1 is 1.16 bits per heavy atom. The molecular weight excluding hydrogens is 242 g/mol. The number of para-hydroxylation sites is 1. The minimum atomic E-state index is -0.367. The van der Waals surface area contributed by atoms with Gasteiger partial charge in [-0.15, -0.1) is 0 Å². The molecule has 0 amide bonds. The average molecular weight is 257 g/mol. The average Bonchev–Trinajstić information content (AvgIpc) is 2.46. The molecule has 0 atom stereocenters. The van der Waals surface area contributed by atoms with Gasteiger partial charge in [0.2, 0.25) is 0 Å². The number of hydrogen-bond donors (Lipinski definition) is 1. The van der Waals surface area contributed by atoms with E-state index in [4.69, 9.17) is 0 Å². The molecule has 1 N–H and O–H groups in total. The van der Waals surface area contributed by atoms with Crippen LogP contribution in [0, 0.1) is 10.1 Å². The topological polar surface area (TPSA) is 58.4 Å². The number of nitro benzene ring substituents is 1. The van der Waals surface area contributed by atoms with E-state index in [-0.39, 0.29) is 10.6 Å². The molecule has 0 unspecified atom stereocenters. The summed E-state index contributed by atoms with van der Waals surface area (Å²) in [7, 11) is 3.60. The first-order valence-corrected chi connectivity index (χ1v) is 5.88. The van der Waals surface area contributed by atoms with E-state index in [0.29, 0.717) is 5.69 Å². The van der Waals surface area contributed by atoms with Crippen LogP contribution in [0.5, 0.6) is 0 Å². The molecule has 0 saturated heterocycles. The maximum atomic E-state index is 11.1. The van der Waals surface area contributed by atoms with E-state index in [1.807, 2.05) is 37.4 Å². The maximum absolute atomic E-state index is 11.1. The zero-order valence-electron chi connectivity index (χ0n) is 10.8. The van der Waals surface area contributed by atoms with Crippen LogP contribution in [0.4, 0.5) is 22.7 Å². The summed E-state index contributed by atoms with van der Waals surface area (Å²) in [6.45, 7) is 0. The van der Waals surface area contributed by atoms with E-state index in [1.54, 1.807) is 24.1 Å². The summed E-state index contributed by atoms with van der Waals surface area (Å²) in [5.74, 6) is 0. The van der Waals surface area contributed by atoms with Gasteiger partial charge in [-0.25, -0.2) is 0 Å². The second-order valence-electron chi connectivity index (χ2n) is 4.11. The van der Waals surface area contributed by atoms with Gasteiger partial charge in [0.1, 0.15) is 5.69 Å². The lowest BCUT2D eigenvalue weighted by atomic mass is 10.2. The summed E-state index contributed by atoms with van der Waals surface area (Å²) in [5.41, 5.74) is 2.38. The Morgan fingerprint density at radius 3 is 2.42 bits per heavy atom. The van der Waals surface area contributed by atoms with E-state index < -0.39 is 0 Å². The van der Waals surface area contributed by atoms with Crippen molar-refractivity contribution in [1.29, 1.82) is 0 Å². The van der Waals surface area contributed by atoms with Crippen LogP contribution < -0.4 is 10.2 Å². The van der Waals surface area contributed by atoms with Gasteiger partial charge >= 0.3 is 0 Å². The predicted octanol–water partition coefficient (Wildman–Crippen LogP) is 3.40. The molecule has 0 saturated carbocycles. The highest BCUT2D eigenvalue weighted by Gasteiger charge is 2.18. The van der Waals surface area contributed by atoms with Crippen molar-refractivity contribution in [3.63, 3.8) is 0 Å². The maximum Gasteiger partial charge on any atom is 0.293 e. The summed E-state index contributed by atoms with van der Waals surface area (Å²) in [6.07, 6.45) is 0. The molecule has 0 aliphatic carbocycles. The van der Waals surface area contributed by atoms with Crippen molar-refractivity contribution in [3.8, 4) is 0 Å². The van der Waals surface area contributed by atoms with Crippen LogP contribution in [0.3, 0.4) is 0 Å². The van der Waals surface area contributed by atoms with Gasteiger partial charge < -0.3 is 10.2 Å². The Labute approximate surface area is 111 Å². The summed E-state index contributed by atoms with van der Waals surface area (Å²) in [6, 6.07) is 14.5. The fraction of sp³-hybridized carbons (Fsp3) is 0.143. The Balaban J connectivity index is 2.50. The first-order chi connectivity index (χ1) is 9.13. The Bertz CT molecular complexity index is 584. The van der Waals surface area contributed by atoms with Gasteiger partial charge in [0.15, 0.2) is 0 Å². The normalized spacial score (nSPS) is 10.0. The van der Waals surface area contributed by atoms with Crippen LogP contribution in [-0.2, 0) is 0 Å². The number of nitro groups is 1. The van der Waals surface area contributed by atoms with Gasteiger partial charge in [0, 0.05) is 31.5 Å². The van der Waals surface area contributed by atoms with Gasteiger partial charge in [0.25, 0.3) is 5.69 Å². The van der Waals surface area contributed by atoms with Crippen molar-refractivity contribution in [2.24, 2.45) is 0 Å². The van der Waals surface area contributed by atoms with Crippen molar-refractivity contribution in [1.82, 2.24) is 0 Å². The molecule has 98 valence electrons. The van der Waals surface area contributed by atoms with Crippen molar-refractivity contribution in [2.45, 2.75) is 0 Å². The smallest absolute Gasteiger partial charge is 0.293 e. The molecule has 2 aromatic rings. The monoisotopic (exact) mass is 257 g/mol. The standard InChI is InChI=1S/C14H15N3O2/c1-15-11-8-9-13(17(18)19)14(10-11)16(2)12-6-4-3-5-7-12/h3-10,15H,1-2H3. The number of rotatable bonds is 4. The molecule has 0 aliphatic rings. The van der Waals surface area contributed by atoms with Crippen LogP contribution in [0.2, 0.25) is 0 Å². The molecule has 19 heavy (non-hydrogen) atoms. The summed E-state index contributed by atoms with van der Waals surface area (Å²) >= 11 is 0. The third-order valence-corrected chi connectivity index (χ3v) is 2.97. The highest BCUT2D eigenvalue weighted by molar-refractivity contribution is 5.75. The molecule has 0 aliphatic heterocycles. The molecule has 2 rings (SSSR count). The summed E-state index contributed by atoms with van der Waals surface area (Å²) in [5, 5.41) is 14.1. The molecule has 5 nitrogen and oxygen atoms in total. The third kappa shape index (κ3) is 2.65. The lowest BCUT2D eigenvalue weighted by molar-refractivity contribution is -0.384. The van der Waals surface area contributed by atoms with Crippen LogP contribution in [0.15, 0.2) is 48.5 Å². The lowest BCUT2D eigenvalue weighted by Gasteiger charge is -2.20. The molecule has 0 fully saturated rings. The van der Waals surface area contributed by atoms with Gasteiger partial charge in [-0.3, -0.25) is 10.1 Å².